The highest BCUT2D eigenvalue weighted by atomic mass is 19.1. The summed E-state index contributed by atoms with van der Waals surface area (Å²) in [6, 6.07) is 14.8. The normalized spacial score (nSPS) is 15.9. The van der Waals surface area contributed by atoms with Crippen molar-refractivity contribution >= 4 is 11.8 Å². The third-order valence-electron chi connectivity index (χ3n) is 5.16. The second-order valence-corrected chi connectivity index (χ2v) is 7.26. The van der Waals surface area contributed by atoms with Crippen LogP contribution in [0.1, 0.15) is 46.5 Å². The molecule has 4 rings (SSSR count). The molecule has 1 aromatic heterocycles. The molecule has 1 atom stereocenters. The van der Waals surface area contributed by atoms with Crippen LogP contribution in [0, 0.1) is 5.82 Å². The minimum atomic E-state index is -0.281. The molecule has 1 fully saturated rings. The van der Waals surface area contributed by atoms with Crippen molar-refractivity contribution in [1.82, 2.24) is 15.2 Å². The van der Waals surface area contributed by atoms with E-state index in [9.17, 15) is 14.0 Å². The van der Waals surface area contributed by atoms with E-state index in [2.05, 4.69) is 10.3 Å². The van der Waals surface area contributed by atoms with E-state index in [0.717, 1.165) is 18.4 Å². The number of rotatable bonds is 6. The van der Waals surface area contributed by atoms with Gasteiger partial charge >= 0.3 is 0 Å². The predicted octanol–water partition coefficient (Wildman–Crippen LogP) is 3.50. The number of carbonyl (C=O) groups excluding carboxylic acids is 2. The zero-order chi connectivity index (χ0) is 20.9. The number of aromatic nitrogens is 1. The highest BCUT2D eigenvalue weighted by Gasteiger charge is 2.33. The van der Waals surface area contributed by atoms with Crippen LogP contribution < -0.4 is 5.32 Å². The number of amides is 2. The summed E-state index contributed by atoms with van der Waals surface area (Å²) in [6.07, 6.45) is 3.76. The fourth-order valence-electron chi connectivity index (χ4n) is 3.63. The highest BCUT2D eigenvalue weighted by Crippen LogP contribution is 2.31. The van der Waals surface area contributed by atoms with E-state index in [4.69, 9.17) is 4.42 Å². The first-order chi connectivity index (χ1) is 14.6. The number of oxazole rings is 1. The van der Waals surface area contributed by atoms with Crippen LogP contribution in [0.2, 0.25) is 0 Å². The van der Waals surface area contributed by atoms with Crippen LogP contribution >= 0.6 is 0 Å². The molecule has 30 heavy (non-hydrogen) atoms. The first-order valence-electron chi connectivity index (χ1n) is 9.92. The Morgan fingerprint density at radius 2 is 1.90 bits per heavy atom. The van der Waals surface area contributed by atoms with Crippen LogP contribution in [0.5, 0.6) is 0 Å². The van der Waals surface area contributed by atoms with E-state index < -0.39 is 0 Å². The van der Waals surface area contributed by atoms with E-state index in [1.165, 1.54) is 12.1 Å². The molecule has 2 amide bonds. The van der Waals surface area contributed by atoms with Gasteiger partial charge in [-0.3, -0.25) is 9.59 Å². The summed E-state index contributed by atoms with van der Waals surface area (Å²) >= 11 is 0. The first kappa shape index (κ1) is 19.8. The average molecular weight is 407 g/mol. The Morgan fingerprint density at radius 3 is 2.67 bits per heavy atom. The Morgan fingerprint density at radius 1 is 1.13 bits per heavy atom. The Bertz CT molecular complexity index is 1020. The fourth-order valence-corrected chi connectivity index (χ4v) is 3.63. The quantitative estimate of drug-likeness (QED) is 0.679. The maximum atomic E-state index is 13.1. The van der Waals surface area contributed by atoms with Gasteiger partial charge in [0, 0.05) is 18.5 Å². The van der Waals surface area contributed by atoms with E-state index in [1.807, 2.05) is 6.07 Å². The molecule has 7 heteroatoms. The molecular weight excluding hydrogens is 385 g/mol. The molecule has 0 spiro atoms. The predicted molar refractivity (Wildman–Crippen MR) is 108 cm³/mol. The average Bonchev–Trinajstić information content (AvgIpc) is 3.43. The van der Waals surface area contributed by atoms with E-state index >= 15 is 0 Å². The van der Waals surface area contributed by atoms with Gasteiger partial charge in [-0.1, -0.05) is 30.3 Å². The van der Waals surface area contributed by atoms with Gasteiger partial charge in [-0.25, -0.2) is 9.37 Å². The SMILES string of the molecule is O=C(NCC(=O)N1CCCC1c1ncc(Cc2ccc(F)cc2)o1)c1ccccc1. The van der Waals surface area contributed by atoms with Gasteiger partial charge in [-0.2, -0.15) is 0 Å². The summed E-state index contributed by atoms with van der Waals surface area (Å²) in [4.78, 5) is 31.0. The minimum Gasteiger partial charge on any atom is -0.443 e. The monoisotopic (exact) mass is 407 g/mol. The number of likely N-dealkylation sites (tertiary alicyclic amines) is 1. The van der Waals surface area contributed by atoms with Crippen molar-refractivity contribution in [2.45, 2.75) is 25.3 Å². The molecule has 0 radical (unpaired) electrons. The molecule has 0 aliphatic carbocycles. The summed E-state index contributed by atoms with van der Waals surface area (Å²) in [5, 5.41) is 2.68. The molecule has 1 N–H and O–H groups in total. The molecule has 0 saturated carbocycles. The van der Waals surface area contributed by atoms with Crippen molar-refractivity contribution in [3.8, 4) is 0 Å². The van der Waals surface area contributed by atoms with Gasteiger partial charge in [0.05, 0.1) is 12.7 Å². The van der Waals surface area contributed by atoms with Crippen LogP contribution in [0.15, 0.2) is 65.2 Å². The Kier molecular flexibility index (Phi) is 5.88. The van der Waals surface area contributed by atoms with Crippen LogP contribution in [0.4, 0.5) is 4.39 Å². The van der Waals surface area contributed by atoms with Crippen molar-refractivity contribution in [1.29, 1.82) is 0 Å². The minimum absolute atomic E-state index is 0.0760. The molecule has 3 aromatic rings. The molecular formula is C23H22FN3O3. The fraction of sp³-hybridized carbons (Fsp3) is 0.261. The van der Waals surface area contributed by atoms with Gasteiger partial charge in [0.25, 0.3) is 5.91 Å². The molecule has 1 unspecified atom stereocenters. The van der Waals surface area contributed by atoms with Gasteiger partial charge in [0.2, 0.25) is 11.8 Å². The highest BCUT2D eigenvalue weighted by molar-refractivity contribution is 5.96. The lowest BCUT2D eigenvalue weighted by Crippen LogP contribution is -2.39. The number of hydrogen-bond donors (Lipinski definition) is 1. The Hall–Kier alpha value is -3.48. The van der Waals surface area contributed by atoms with Crippen molar-refractivity contribution in [2.75, 3.05) is 13.1 Å². The molecule has 6 nitrogen and oxygen atoms in total. The van der Waals surface area contributed by atoms with Crippen molar-refractivity contribution < 1.29 is 18.4 Å². The lowest BCUT2D eigenvalue weighted by atomic mass is 10.1. The largest absolute Gasteiger partial charge is 0.443 e. The molecule has 2 aromatic carbocycles. The van der Waals surface area contributed by atoms with Crippen LogP contribution in [0.25, 0.3) is 0 Å². The van der Waals surface area contributed by atoms with Gasteiger partial charge in [0.15, 0.2) is 0 Å². The maximum absolute atomic E-state index is 13.1. The molecule has 1 saturated heterocycles. The third-order valence-corrected chi connectivity index (χ3v) is 5.16. The number of benzene rings is 2. The molecule has 1 aliphatic rings. The van der Waals surface area contributed by atoms with Crippen LogP contribution in [0.3, 0.4) is 0 Å². The zero-order valence-electron chi connectivity index (χ0n) is 16.4. The smallest absolute Gasteiger partial charge is 0.251 e. The maximum Gasteiger partial charge on any atom is 0.251 e. The summed E-state index contributed by atoms with van der Waals surface area (Å²) in [6.45, 7) is 0.522. The van der Waals surface area contributed by atoms with Gasteiger partial charge in [-0.15, -0.1) is 0 Å². The number of nitrogens with one attached hydrogen (secondary N) is 1. The number of nitrogens with zero attached hydrogens (tertiary/aromatic N) is 2. The van der Waals surface area contributed by atoms with Gasteiger partial charge in [-0.05, 0) is 42.7 Å². The summed E-state index contributed by atoms with van der Waals surface area (Å²) in [7, 11) is 0. The van der Waals surface area contributed by atoms with Crippen molar-refractivity contribution in [3.05, 3.63) is 89.4 Å². The summed E-state index contributed by atoms with van der Waals surface area (Å²) in [5.41, 5.74) is 1.43. The van der Waals surface area contributed by atoms with Crippen LogP contribution in [-0.2, 0) is 11.2 Å². The molecule has 2 heterocycles. The molecule has 154 valence electrons. The second kappa shape index (κ2) is 8.90. The number of halogens is 1. The first-order valence-corrected chi connectivity index (χ1v) is 9.92. The number of carbonyl (C=O) groups is 2. The lowest BCUT2D eigenvalue weighted by Gasteiger charge is -2.22. The molecule has 1 aliphatic heterocycles. The van der Waals surface area contributed by atoms with Gasteiger partial charge in [0.1, 0.15) is 17.6 Å². The Labute approximate surface area is 173 Å². The van der Waals surface area contributed by atoms with Gasteiger partial charge < -0.3 is 14.6 Å². The second-order valence-electron chi connectivity index (χ2n) is 7.26. The van der Waals surface area contributed by atoms with Crippen molar-refractivity contribution in [2.24, 2.45) is 0 Å². The standard InChI is InChI=1S/C23H22FN3O3/c24-18-10-8-16(9-11-18)13-19-14-26-23(30-19)20-7-4-12-27(20)21(28)15-25-22(29)17-5-2-1-3-6-17/h1-3,5-6,8-11,14,20H,4,7,12-13,15H2,(H,25,29). The van der Waals surface area contributed by atoms with Crippen LogP contribution in [-0.4, -0.2) is 34.8 Å². The summed E-state index contributed by atoms with van der Waals surface area (Å²) in [5.74, 6) is 0.426. The summed E-state index contributed by atoms with van der Waals surface area (Å²) < 4.78 is 19.0. The Balaban J connectivity index is 1.37. The lowest BCUT2D eigenvalue weighted by molar-refractivity contribution is -0.131. The topological polar surface area (TPSA) is 75.4 Å². The zero-order valence-corrected chi connectivity index (χ0v) is 16.4. The van der Waals surface area contributed by atoms with E-state index in [-0.39, 0.29) is 30.2 Å². The van der Waals surface area contributed by atoms with E-state index in [1.54, 1.807) is 47.5 Å². The van der Waals surface area contributed by atoms with E-state index in [0.29, 0.717) is 30.2 Å². The molecule has 0 bridgehead atoms. The number of hydrogen-bond acceptors (Lipinski definition) is 4. The van der Waals surface area contributed by atoms with Crippen molar-refractivity contribution in [3.63, 3.8) is 0 Å². The third kappa shape index (κ3) is 4.56.